The maximum Gasteiger partial charge on any atom is 0.125 e. The molecule has 0 aromatic heterocycles. The third kappa shape index (κ3) is 7.77. The molecule has 2 aromatic rings. The molecule has 2 aromatic carbocycles. The molecule has 0 heterocycles. The summed E-state index contributed by atoms with van der Waals surface area (Å²) in [5, 5.41) is 20.2. The van der Waals surface area contributed by atoms with E-state index < -0.39 is 6.10 Å². The van der Waals surface area contributed by atoms with E-state index >= 15 is 0 Å². The Balaban J connectivity index is 1.10. The number of ether oxygens (including phenoxy) is 1. The number of anilines is 2. The number of hydrogen-bond acceptors (Lipinski definition) is 6. The number of nitrogens with two attached hydrogens (primary N) is 2. The van der Waals surface area contributed by atoms with Gasteiger partial charge in [0.25, 0.3) is 0 Å². The van der Waals surface area contributed by atoms with Crippen molar-refractivity contribution in [1.29, 1.82) is 0 Å². The largest absolute Gasteiger partial charge is 0.489 e. The van der Waals surface area contributed by atoms with Crippen molar-refractivity contribution < 1.29 is 20.0 Å². The van der Waals surface area contributed by atoms with E-state index in [1.165, 1.54) is 38.5 Å². The molecule has 3 fully saturated rings. The molecule has 4 aliphatic rings. The van der Waals surface area contributed by atoms with E-state index in [1.54, 1.807) is 11.6 Å². The minimum absolute atomic E-state index is 0.151. The van der Waals surface area contributed by atoms with E-state index in [9.17, 15) is 10.4 Å². The Morgan fingerprint density at radius 3 is 2.38 bits per heavy atom. The zero-order valence-electron chi connectivity index (χ0n) is 32.7. The lowest BCUT2D eigenvalue weighted by molar-refractivity contribution is -0.278. The average Bonchev–Trinajstić information content (AvgIpc) is 3.48. The number of benzene rings is 2. The molecule has 0 spiro atoms. The van der Waals surface area contributed by atoms with E-state index in [0.29, 0.717) is 52.5 Å². The monoisotopic (exact) mass is 711 g/mol. The van der Waals surface area contributed by atoms with Crippen LogP contribution in [0, 0.1) is 58.2 Å². The molecule has 6 nitrogen and oxygen atoms in total. The third-order valence-corrected chi connectivity index (χ3v) is 14.6. The number of aliphatic hydroxyl groups excluding tert-OH is 1. The van der Waals surface area contributed by atoms with Crippen LogP contribution in [0.1, 0.15) is 116 Å². The Morgan fingerprint density at radius 1 is 0.923 bits per heavy atom. The molecule has 52 heavy (non-hydrogen) atoms. The first kappa shape index (κ1) is 38.7. The van der Waals surface area contributed by atoms with Crippen LogP contribution in [-0.2, 0) is 18.1 Å². The van der Waals surface area contributed by atoms with Crippen molar-refractivity contribution in [2.24, 2.45) is 58.2 Å². The van der Waals surface area contributed by atoms with E-state index in [-0.39, 0.29) is 17.9 Å². The van der Waals surface area contributed by atoms with E-state index in [1.807, 2.05) is 42.5 Å². The summed E-state index contributed by atoms with van der Waals surface area (Å²) in [4.78, 5) is 5.16. The van der Waals surface area contributed by atoms with Gasteiger partial charge in [-0.25, -0.2) is 4.89 Å². The molecule has 0 bridgehead atoms. The van der Waals surface area contributed by atoms with E-state index in [4.69, 9.17) is 21.1 Å². The number of nitrogen functional groups attached to an aromatic ring is 2. The number of rotatable bonds is 13. The van der Waals surface area contributed by atoms with Gasteiger partial charge in [0, 0.05) is 16.9 Å². The molecule has 10 unspecified atom stereocenters. The lowest BCUT2D eigenvalue weighted by atomic mass is 9.46. The molecule has 6 rings (SSSR count). The molecule has 0 saturated heterocycles. The van der Waals surface area contributed by atoms with Gasteiger partial charge in [-0.2, -0.15) is 0 Å². The first-order chi connectivity index (χ1) is 24.9. The highest BCUT2D eigenvalue weighted by molar-refractivity contribution is 5.55. The topological polar surface area (TPSA) is 111 Å². The van der Waals surface area contributed by atoms with Crippen molar-refractivity contribution in [2.45, 2.75) is 119 Å². The smallest absolute Gasteiger partial charge is 0.125 e. The highest BCUT2D eigenvalue weighted by atomic mass is 17.1. The van der Waals surface area contributed by atoms with Gasteiger partial charge >= 0.3 is 0 Å². The lowest BCUT2D eigenvalue weighted by Gasteiger charge is -2.58. The van der Waals surface area contributed by atoms with Gasteiger partial charge in [0.1, 0.15) is 18.5 Å². The maximum absolute atomic E-state index is 10.1. The molecule has 0 amide bonds. The highest BCUT2D eigenvalue weighted by Gasteiger charge is 2.59. The summed E-state index contributed by atoms with van der Waals surface area (Å²) in [6.07, 6.45) is 22.4. The van der Waals surface area contributed by atoms with Gasteiger partial charge in [-0.05, 0) is 157 Å². The van der Waals surface area contributed by atoms with E-state index in [2.05, 4.69) is 59.8 Å². The average molecular weight is 711 g/mol. The second kappa shape index (κ2) is 16.1. The zero-order chi connectivity index (χ0) is 37.2. The van der Waals surface area contributed by atoms with E-state index in [0.717, 1.165) is 54.1 Å². The van der Waals surface area contributed by atoms with Crippen LogP contribution < -0.4 is 16.2 Å². The van der Waals surface area contributed by atoms with Crippen LogP contribution in [0.4, 0.5) is 11.4 Å². The van der Waals surface area contributed by atoms with Crippen molar-refractivity contribution in [1.82, 2.24) is 0 Å². The van der Waals surface area contributed by atoms with Crippen molar-refractivity contribution in [3.63, 3.8) is 0 Å². The maximum atomic E-state index is 10.1. The third-order valence-electron chi connectivity index (χ3n) is 14.6. The fourth-order valence-electron chi connectivity index (χ4n) is 11.6. The first-order valence-corrected chi connectivity index (χ1v) is 20.3. The zero-order valence-corrected chi connectivity index (χ0v) is 32.7. The second-order valence-corrected chi connectivity index (χ2v) is 17.8. The molecule has 0 radical (unpaired) electrons. The summed E-state index contributed by atoms with van der Waals surface area (Å²) >= 11 is 0. The molecule has 284 valence electrons. The standard InChI is InChI=1S/C46H66N2O4/c1-7-33(29(2)3)11-8-30(4)40-14-15-41-39-13-12-36-25-34(18-20-45(36,5)42(39)19-21-46(40,41)6)44(52-50)17-10-31-9-16-43(35(22-31)27-49)51-28-32-23-37(47)26-38(48)24-32/h8-12,16-17,22-24,26,29-30,33-34,39-42,44,49-50H,7,13-15,18-21,25,27-28,47-48H2,1-6H3/b11-8+,17-10+. The molecule has 6 N–H and O–H groups in total. The van der Waals surface area contributed by atoms with Crippen molar-refractivity contribution in [2.75, 3.05) is 11.5 Å². The minimum Gasteiger partial charge on any atom is -0.489 e. The Kier molecular flexibility index (Phi) is 12.0. The first-order valence-electron chi connectivity index (χ1n) is 20.3. The van der Waals surface area contributed by atoms with Gasteiger partial charge in [-0.3, -0.25) is 5.26 Å². The van der Waals surface area contributed by atoms with Gasteiger partial charge in [-0.15, -0.1) is 0 Å². The predicted molar refractivity (Wildman–Crippen MR) is 214 cm³/mol. The number of fused-ring (bicyclic) bond motifs is 5. The Labute approximate surface area is 313 Å². The summed E-state index contributed by atoms with van der Waals surface area (Å²) in [7, 11) is 0. The number of allylic oxidation sites excluding steroid dienone is 4. The van der Waals surface area contributed by atoms with Gasteiger partial charge in [0.2, 0.25) is 0 Å². The molecular weight excluding hydrogens is 645 g/mol. The van der Waals surface area contributed by atoms with Crippen LogP contribution in [0.25, 0.3) is 6.08 Å². The molecule has 4 aliphatic carbocycles. The Bertz CT molecular complexity index is 1610. The molecule has 3 saturated carbocycles. The van der Waals surface area contributed by atoms with Crippen LogP contribution in [-0.4, -0.2) is 16.5 Å². The van der Waals surface area contributed by atoms with Crippen LogP contribution >= 0.6 is 0 Å². The van der Waals surface area contributed by atoms with Gasteiger partial charge < -0.3 is 21.3 Å². The van der Waals surface area contributed by atoms with Crippen LogP contribution in [0.3, 0.4) is 0 Å². The summed E-state index contributed by atoms with van der Waals surface area (Å²) < 4.78 is 6.02. The Hall–Kier alpha value is -3.06. The number of aliphatic hydroxyl groups is 1. The minimum atomic E-state index is -0.395. The summed E-state index contributed by atoms with van der Waals surface area (Å²) in [6.45, 7) is 14.9. The summed E-state index contributed by atoms with van der Waals surface area (Å²) in [5.74, 6) is 6.00. The van der Waals surface area contributed by atoms with Crippen LogP contribution in [0.5, 0.6) is 5.75 Å². The second-order valence-electron chi connectivity index (χ2n) is 17.8. The van der Waals surface area contributed by atoms with Crippen LogP contribution in [0.2, 0.25) is 0 Å². The van der Waals surface area contributed by atoms with Crippen molar-refractivity contribution >= 4 is 17.5 Å². The van der Waals surface area contributed by atoms with Gasteiger partial charge in [0.15, 0.2) is 0 Å². The Morgan fingerprint density at radius 2 is 1.69 bits per heavy atom. The fourth-order valence-corrected chi connectivity index (χ4v) is 11.6. The molecule has 10 atom stereocenters. The molecule has 0 aliphatic heterocycles. The summed E-state index contributed by atoms with van der Waals surface area (Å²) in [6, 6.07) is 11.1. The molecular formula is C46H66N2O4. The normalized spacial score (nSPS) is 31.9. The van der Waals surface area contributed by atoms with Crippen molar-refractivity contribution in [3.8, 4) is 5.75 Å². The van der Waals surface area contributed by atoms with Gasteiger partial charge in [-0.1, -0.05) is 83.6 Å². The number of hydrogen-bond donors (Lipinski definition) is 4. The van der Waals surface area contributed by atoms with Gasteiger partial charge in [0.05, 0.1) is 6.61 Å². The predicted octanol–water partition coefficient (Wildman–Crippen LogP) is 10.9. The van der Waals surface area contributed by atoms with Crippen LogP contribution in [0.15, 0.2) is 66.3 Å². The SMILES string of the molecule is CCC(/C=C/C(C)C1CCC2C3CC=C4CC(C(/C=C/c5ccc(OCc6cc(N)cc(N)c6)c(CO)c5)OO)CCC4(C)C3CCC12C)C(C)C. The summed E-state index contributed by atoms with van der Waals surface area (Å²) in [5.41, 5.74) is 17.8. The molecule has 6 heteroatoms. The highest BCUT2D eigenvalue weighted by Crippen LogP contribution is 2.67. The lowest BCUT2D eigenvalue weighted by Crippen LogP contribution is -2.50. The quantitative estimate of drug-likeness (QED) is 0.0713. The fraction of sp³-hybridized carbons (Fsp3) is 0.609. The van der Waals surface area contributed by atoms with Crippen molar-refractivity contribution in [3.05, 3.63) is 83.0 Å².